The maximum Gasteiger partial charge on any atom is 0.155 e. The maximum absolute atomic E-state index is 2.52. The molecule has 0 aromatic rings. The van der Waals surface area contributed by atoms with Crippen molar-refractivity contribution in [3.05, 3.63) is 0 Å². The van der Waals surface area contributed by atoms with Crippen molar-refractivity contribution in [2.24, 2.45) is 11.8 Å². The molecule has 0 amide bonds. The third-order valence-electron chi connectivity index (χ3n) is 3.72. The van der Waals surface area contributed by atoms with Crippen molar-refractivity contribution < 1.29 is 4.58 Å². The summed E-state index contributed by atoms with van der Waals surface area (Å²) in [5.41, 5.74) is 1.76. The van der Waals surface area contributed by atoms with Gasteiger partial charge in [-0.2, -0.15) is 0 Å². The minimum Gasteiger partial charge on any atom is -0.239 e. The normalized spacial score (nSPS) is 36.5. The molecular formula is C11H20N+. The zero-order valence-corrected chi connectivity index (χ0v) is 8.34. The van der Waals surface area contributed by atoms with Crippen LogP contribution >= 0.6 is 0 Å². The first-order valence-electron chi connectivity index (χ1n) is 5.36. The van der Waals surface area contributed by atoms with Crippen LogP contribution in [0.2, 0.25) is 0 Å². The number of nitrogens with zero attached hydrogens (tertiary/aromatic N) is 1. The van der Waals surface area contributed by atoms with E-state index in [0.717, 1.165) is 11.8 Å². The van der Waals surface area contributed by atoms with E-state index in [1.165, 1.54) is 38.6 Å². The molecule has 0 aromatic heterocycles. The Morgan fingerprint density at radius 1 is 1.25 bits per heavy atom. The van der Waals surface area contributed by atoms with Crippen LogP contribution in [0.4, 0.5) is 0 Å². The van der Waals surface area contributed by atoms with Gasteiger partial charge in [-0.05, 0) is 18.8 Å². The summed E-state index contributed by atoms with van der Waals surface area (Å²) in [4.78, 5) is 0. The summed E-state index contributed by atoms with van der Waals surface area (Å²) in [6, 6.07) is 0. The lowest BCUT2D eigenvalue weighted by Gasteiger charge is -2.31. The molecule has 2 rings (SSSR count). The highest BCUT2D eigenvalue weighted by atomic mass is 15.0. The van der Waals surface area contributed by atoms with Crippen LogP contribution in [-0.2, 0) is 0 Å². The summed E-state index contributed by atoms with van der Waals surface area (Å²) in [6.45, 7) is 3.73. The van der Waals surface area contributed by atoms with Crippen LogP contribution in [0.15, 0.2) is 0 Å². The van der Waals surface area contributed by atoms with E-state index in [2.05, 4.69) is 18.5 Å². The standard InChI is InChI=1S/C11H20N/c1-9-7-8-12(2)11-6-4-3-5-10(9)11/h9-10H,3-8H2,1-2H3/q+1. The molecular weight excluding hydrogens is 146 g/mol. The Balaban J connectivity index is 2.23. The highest BCUT2D eigenvalue weighted by molar-refractivity contribution is 5.83. The summed E-state index contributed by atoms with van der Waals surface area (Å²) in [5.74, 6) is 1.90. The molecule has 1 aliphatic heterocycles. The van der Waals surface area contributed by atoms with Gasteiger partial charge in [0, 0.05) is 18.8 Å². The molecule has 2 aliphatic rings. The Kier molecular flexibility index (Phi) is 2.20. The highest BCUT2D eigenvalue weighted by Crippen LogP contribution is 2.32. The van der Waals surface area contributed by atoms with Gasteiger partial charge in [0.1, 0.15) is 13.6 Å². The fourth-order valence-corrected chi connectivity index (χ4v) is 2.85. The second-order valence-electron chi connectivity index (χ2n) is 4.53. The van der Waals surface area contributed by atoms with E-state index in [-0.39, 0.29) is 0 Å². The van der Waals surface area contributed by atoms with Crippen LogP contribution in [0, 0.1) is 11.8 Å². The quantitative estimate of drug-likeness (QED) is 0.486. The lowest BCUT2D eigenvalue weighted by molar-refractivity contribution is -0.509. The summed E-state index contributed by atoms with van der Waals surface area (Å²) < 4.78 is 2.52. The predicted octanol–water partition coefficient (Wildman–Crippen LogP) is 2.30. The average molecular weight is 166 g/mol. The van der Waals surface area contributed by atoms with E-state index in [9.17, 15) is 0 Å². The van der Waals surface area contributed by atoms with Gasteiger partial charge in [-0.3, -0.25) is 0 Å². The molecule has 1 heteroatoms. The number of fused-ring (bicyclic) bond motifs is 1. The van der Waals surface area contributed by atoms with Crippen LogP contribution in [0.1, 0.15) is 39.0 Å². The van der Waals surface area contributed by atoms with Gasteiger partial charge in [-0.15, -0.1) is 0 Å². The van der Waals surface area contributed by atoms with E-state index in [0.29, 0.717) is 0 Å². The molecule has 0 radical (unpaired) electrons. The van der Waals surface area contributed by atoms with Gasteiger partial charge in [0.25, 0.3) is 0 Å². The number of hydrogen-bond acceptors (Lipinski definition) is 0. The SMILES string of the molecule is CC1CC[N+](C)=C2CCCCC21. The first-order chi connectivity index (χ1) is 5.79. The lowest BCUT2D eigenvalue weighted by atomic mass is 9.76. The van der Waals surface area contributed by atoms with Crippen LogP contribution in [0.25, 0.3) is 0 Å². The molecule has 1 saturated carbocycles. The van der Waals surface area contributed by atoms with Crippen molar-refractivity contribution >= 4 is 5.71 Å². The van der Waals surface area contributed by atoms with Gasteiger partial charge in [-0.25, -0.2) is 4.58 Å². The maximum atomic E-state index is 2.52. The van der Waals surface area contributed by atoms with Gasteiger partial charge in [0.2, 0.25) is 0 Å². The van der Waals surface area contributed by atoms with E-state index < -0.39 is 0 Å². The second kappa shape index (κ2) is 3.20. The van der Waals surface area contributed by atoms with E-state index in [1.807, 2.05) is 0 Å². The van der Waals surface area contributed by atoms with Crippen LogP contribution in [0.5, 0.6) is 0 Å². The van der Waals surface area contributed by atoms with Gasteiger partial charge in [-0.1, -0.05) is 13.3 Å². The summed E-state index contributed by atoms with van der Waals surface area (Å²) in [6.07, 6.45) is 7.15. The third kappa shape index (κ3) is 1.30. The Bertz CT molecular complexity index is 205. The second-order valence-corrected chi connectivity index (χ2v) is 4.53. The molecule has 0 aromatic carbocycles. The molecule has 0 saturated heterocycles. The molecule has 2 atom stereocenters. The summed E-state index contributed by atoms with van der Waals surface area (Å²) in [7, 11) is 2.28. The van der Waals surface area contributed by atoms with Crippen molar-refractivity contribution in [3.8, 4) is 0 Å². The van der Waals surface area contributed by atoms with Gasteiger partial charge >= 0.3 is 0 Å². The zero-order valence-electron chi connectivity index (χ0n) is 8.34. The van der Waals surface area contributed by atoms with Crippen molar-refractivity contribution in [3.63, 3.8) is 0 Å². The van der Waals surface area contributed by atoms with E-state index in [4.69, 9.17) is 0 Å². The number of hydrogen-bond donors (Lipinski definition) is 0. The molecule has 0 N–H and O–H groups in total. The smallest absolute Gasteiger partial charge is 0.155 e. The van der Waals surface area contributed by atoms with Crippen LogP contribution in [0.3, 0.4) is 0 Å². The van der Waals surface area contributed by atoms with Crippen molar-refractivity contribution in [1.82, 2.24) is 0 Å². The fraction of sp³-hybridized carbons (Fsp3) is 0.909. The largest absolute Gasteiger partial charge is 0.239 e. The molecule has 1 heterocycles. The average Bonchev–Trinajstić information content (AvgIpc) is 2.12. The molecule has 12 heavy (non-hydrogen) atoms. The molecule has 0 bridgehead atoms. The minimum absolute atomic E-state index is 0.942. The summed E-state index contributed by atoms with van der Waals surface area (Å²) >= 11 is 0. The fourth-order valence-electron chi connectivity index (χ4n) is 2.85. The lowest BCUT2D eigenvalue weighted by Crippen LogP contribution is -2.38. The molecule has 2 unspecified atom stereocenters. The van der Waals surface area contributed by atoms with Crippen molar-refractivity contribution in [2.75, 3.05) is 13.6 Å². The van der Waals surface area contributed by atoms with Crippen molar-refractivity contribution in [2.45, 2.75) is 39.0 Å². The zero-order chi connectivity index (χ0) is 8.55. The van der Waals surface area contributed by atoms with Crippen LogP contribution in [-0.4, -0.2) is 23.9 Å². The van der Waals surface area contributed by atoms with Crippen LogP contribution < -0.4 is 0 Å². The minimum atomic E-state index is 0.942. The predicted molar refractivity (Wildman–Crippen MR) is 51.8 cm³/mol. The van der Waals surface area contributed by atoms with E-state index in [1.54, 1.807) is 5.71 Å². The molecule has 68 valence electrons. The molecule has 1 aliphatic carbocycles. The van der Waals surface area contributed by atoms with Gasteiger partial charge < -0.3 is 0 Å². The van der Waals surface area contributed by atoms with E-state index >= 15 is 0 Å². The monoisotopic (exact) mass is 166 g/mol. The van der Waals surface area contributed by atoms with Gasteiger partial charge in [0.05, 0.1) is 0 Å². The number of rotatable bonds is 0. The van der Waals surface area contributed by atoms with Gasteiger partial charge in [0.15, 0.2) is 5.71 Å². The Morgan fingerprint density at radius 3 is 2.83 bits per heavy atom. The molecule has 0 spiro atoms. The van der Waals surface area contributed by atoms with Crippen molar-refractivity contribution in [1.29, 1.82) is 0 Å². The molecule has 1 fully saturated rings. The molecule has 1 nitrogen and oxygen atoms in total. The third-order valence-corrected chi connectivity index (χ3v) is 3.72. The first kappa shape index (κ1) is 8.28. The highest BCUT2D eigenvalue weighted by Gasteiger charge is 2.34. The Hall–Kier alpha value is -0.330. The Morgan fingerprint density at radius 2 is 2.08 bits per heavy atom. The Labute approximate surface area is 75.5 Å². The first-order valence-corrected chi connectivity index (χ1v) is 5.36. The summed E-state index contributed by atoms with van der Waals surface area (Å²) in [5, 5.41) is 0. The topological polar surface area (TPSA) is 3.01 Å².